The normalized spacial score (nSPS) is 21.4. The number of amides is 1. The number of benzene rings is 1. The predicted octanol–water partition coefficient (Wildman–Crippen LogP) is 2.66. The van der Waals surface area contributed by atoms with Crippen LogP contribution in [0.2, 0.25) is 0 Å². The number of fused-ring (bicyclic) bond motifs is 1. The molecule has 2 aliphatic heterocycles. The summed E-state index contributed by atoms with van der Waals surface area (Å²) < 4.78 is 0. The summed E-state index contributed by atoms with van der Waals surface area (Å²) in [6, 6.07) is 8.20. The van der Waals surface area contributed by atoms with Crippen LogP contribution in [-0.2, 0) is 11.2 Å². The summed E-state index contributed by atoms with van der Waals surface area (Å²) in [5.74, 6) is 0.911. The number of anilines is 1. The first-order valence-corrected chi connectivity index (χ1v) is 9.14. The molecule has 1 N–H and O–H groups in total. The number of aryl methyl sites for hydroxylation is 1. The molecule has 0 spiro atoms. The van der Waals surface area contributed by atoms with Crippen LogP contribution < -0.4 is 10.2 Å². The molecular weight excluding hydrogens is 312 g/mol. The van der Waals surface area contributed by atoms with Crippen molar-refractivity contribution in [3.8, 4) is 0 Å². The van der Waals surface area contributed by atoms with E-state index in [-0.39, 0.29) is 23.4 Å². The predicted molar refractivity (Wildman–Crippen MR) is 103 cm³/mol. The zero-order valence-corrected chi connectivity index (χ0v) is 16.1. The van der Waals surface area contributed by atoms with Gasteiger partial charge in [-0.15, -0.1) is 0 Å². The Bertz CT molecular complexity index is 693. The minimum absolute atomic E-state index is 0.0234. The van der Waals surface area contributed by atoms with Crippen LogP contribution in [0.4, 0.5) is 5.69 Å². The smallest absolute Gasteiger partial charge is 0.246 e. The van der Waals surface area contributed by atoms with Crippen molar-refractivity contribution in [1.29, 1.82) is 0 Å². The van der Waals surface area contributed by atoms with Gasteiger partial charge in [0.2, 0.25) is 5.91 Å². The van der Waals surface area contributed by atoms with E-state index in [4.69, 9.17) is 0 Å². The fraction of sp³-hybridized carbons (Fsp3) is 0.600. The molecule has 0 atom stereocenters. The number of nitrogens with one attached hydrogen (secondary N) is 1. The van der Waals surface area contributed by atoms with E-state index >= 15 is 0 Å². The van der Waals surface area contributed by atoms with Crippen LogP contribution in [0.3, 0.4) is 0 Å². The largest absolute Gasteiger partial charge is 0.347 e. The molecule has 0 aromatic heterocycles. The molecule has 136 valence electrons. The highest BCUT2D eigenvalue weighted by molar-refractivity contribution is 5.98. The van der Waals surface area contributed by atoms with Crippen molar-refractivity contribution < 1.29 is 4.79 Å². The Labute approximate surface area is 151 Å². The second kappa shape index (κ2) is 6.36. The second-order valence-electron chi connectivity index (χ2n) is 8.21. The standard InChI is InChI=1S/C20H30N4O/c1-19(2)14-24(20(19,3)4)18(21-5)22-13-17(25)23-12-8-10-15-9-6-7-11-16(15)23/h6-7,9,11H,8,10,12-14H2,1-5H3,(H,21,22). The zero-order valence-electron chi connectivity index (χ0n) is 16.1. The van der Waals surface area contributed by atoms with Crippen molar-refractivity contribution in [3.05, 3.63) is 29.8 Å². The number of aliphatic imine (C=N–C) groups is 1. The lowest BCUT2D eigenvalue weighted by Gasteiger charge is -2.62. The van der Waals surface area contributed by atoms with Gasteiger partial charge in [-0.2, -0.15) is 0 Å². The number of guanidine groups is 1. The molecule has 0 radical (unpaired) electrons. The van der Waals surface area contributed by atoms with E-state index in [0.717, 1.165) is 37.6 Å². The summed E-state index contributed by atoms with van der Waals surface area (Å²) in [6.07, 6.45) is 2.07. The minimum atomic E-state index is 0.0234. The molecule has 1 saturated heterocycles. The van der Waals surface area contributed by atoms with E-state index in [1.165, 1.54) is 5.56 Å². The lowest BCUT2D eigenvalue weighted by molar-refractivity contribution is -0.117. The average molecular weight is 342 g/mol. The monoisotopic (exact) mass is 342 g/mol. The first-order chi connectivity index (χ1) is 11.8. The molecule has 1 aromatic carbocycles. The average Bonchev–Trinajstić information content (AvgIpc) is 2.60. The number of para-hydroxylation sites is 1. The fourth-order valence-corrected chi connectivity index (χ4v) is 3.74. The summed E-state index contributed by atoms with van der Waals surface area (Å²) >= 11 is 0. The third-order valence-corrected chi connectivity index (χ3v) is 6.16. The van der Waals surface area contributed by atoms with E-state index in [0.29, 0.717) is 0 Å². The van der Waals surface area contributed by atoms with Crippen LogP contribution in [0.25, 0.3) is 0 Å². The van der Waals surface area contributed by atoms with Gasteiger partial charge in [-0.1, -0.05) is 32.0 Å². The zero-order chi connectivity index (χ0) is 18.2. The van der Waals surface area contributed by atoms with E-state index in [9.17, 15) is 4.79 Å². The maximum Gasteiger partial charge on any atom is 0.246 e. The molecule has 1 amide bonds. The van der Waals surface area contributed by atoms with Gasteiger partial charge in [0.1, 0.15) is 0 Å². The van der Waals surface area contributed by atoms with Crippen molar-refractivity contribution in [3.63, 3.8) is 0 Å². The van der Waals surface area contributed by atoms with Crippen LogP contribution in [0, 0.1) is 5.41 Å². The van der Waals surface area contributed by atoms with Crippen LogP contribution in [0.1, 0.15) is 39.7 Å². The summed E-state index contributed by atoms with van der Waals surface area (Å²) in [4.78, 5) is 21.3. The molecule has 5 nitrogen and oxygen atoms in total. The highest BCUT2D eigenvalue weighted by atomic mass is 16.2. The number of rotatable bonds is 2. The molecule has 1 fully saturated rings. The van der Waals surface area contributed by atoms with Gasteiger partial charge in [0.05, 0.1) is 6.54 Å². The highest BCUT2D eigenvalue weighted by Crippen LogP contribution is 2.46. The lowest BCUT2D eigenvalue weighted by atomic mass is 9.65. The van der Waals surface area contributed by atoms with Gasteiger partial charge in [-0.25, -0.2) is 0 Å². The maximum atomic E-state index is 12.8. The van der Waals surface area contributed by atoms with Crippen molar-refractivity contribution in [1.82, 2.24) is 10.2 Å². The van der Waals surface area contributed by atoms with Crippen LogP contribution in [0.5, 0.6) is 0 Å². The molecule has 5 heteroatoms. The van der Waals surface area contributed by atoms with Crippen LogP contribution in [0.15, 0.2) is 29.3 Å². The number of hydrogen-bond acceptors (Lipinski definition) is 2. The van der Waals surface area contributed by atoms with Gasteiger partial charge in [-0.05, 0) is 38.3 Å². The number of nitrogens with zero attached hydrogens (tertiary/aromatic N) is 3. The first kappa shape index (κ1) is 17.8. The van der Waals surface area contributed by atoms with Crippen molar-refractivity contribution >= 4 is 17.6 Å². The Morgan fingerprint density at radius 1 is 1.24 bits per heavy atom. The van der Waals surface area contributed by atoms with Gasteiger partial charge in [0, 0.05) is 36.8 Å². The topological polar surface area (TPSA) is 47.9 Å². The van der Waals surface area contributed by atoms with Crippen LogP contribution >= 0.6 is 0 Å². The van der Waals surface area contributed by atoms with Gasteiger partial charge in [-0.3, -0.25) is 9.79 Å². The number of hydrogen-bond donors (Lipinski definition) is 1. The molecule has 3 rings (SSSR count). The van der Waals surface area contributed by atoms with Crippen LogP contribution in [-0.4, -0.2) is 49.0 Å². The number of likely N-dealkylation sites (tertiary alicyclic amines) is 1. The van der Waals surface area contributed by atoms with Gasteiger partial charge >= 0.3 is 0 Å². The minimum Gasteiger partial charge on any atom is -0.347 e. The van der Waals surface area contributed by atoms with Crippen molar-refractivity contribution in [2.45, 2.75) is 46.1 Å². The van der Waals surface area contributed by atoms with Gasteiger partial charge < -0.3 is 15.1 Å². The molecule has 0 aliphatic carbocycles. The van der Waals surface area contributed by atoms with E-state index in [2.05, 4.69) is 49.0 Å². The lowest BCUT2D eigenvalue weighted by Crippen LogP contribution is -2.72. The molecule has 1 aromatic rings. The second-order valence-corrected chi connectivity index (χ2v) is 8.21. The maximum absolute atomic E-state index is 12.8. The Kier molecular flexibility index (Phi) is 4.52. The molecule has 2 heterocycles. The van der Waals surface area contributed by atoms with E-state index < -0.39 is 0 Å². The summed E-state index contributed by atoms with van der Waals surface area (Å²) in [7, 11) is 1.78. The number of carbonyl (C=O) groups is 1. The van der Waals surface area contributed by atoms with Crippen molar-refractivity contribution in [2.24, 2.45) is 10.4 Å². The van der Waals surface area contributed by atoms with E-state index in [1.807, 2.05) is 23.1 Å². The fourth-order valence-electron chi connectivity index (χ4n) is 3.74. The summed E-state index contributed by atoms with van der Waals surface area (Å²) in [5, 5.41) is 3.28. The molecule has 0 unspecified atom stereocenters. The molecule has 0 bridgehead atoms. The Morgan fingerprint density at radius 2 is 1.96 bits per heavy atom. The van der Waals surface area contributed by atoms with Crippen molar-refractivity contribution in [2.75, 3.05) is 31.6 Å². The molecule has 2 aliphatic rings. The van der Waals surface area contributed by atoms with E-state index in [1.54, 1.807) is 7.05 Å². The first-order valence-electron chi connectivity index (χ1n) is 9.14. The summed E-state index contributed by atoms with van der Waals surface area (Å²) in [6.45, 7) is 11.0. The summed E-state index contributed by atoms with van der Waals surface area (Å²) in [5.41, 5.74) is 2.58. The Morgan fingerprint density at radius 3 is 2.60 bits per heavy atom. The SMILES string of the molecule is CN=C(NCC(=O)N1CCCc2ccccc21)N1CC(C)(C)C1(C)C. The quantitative estimate of drug-likeness (QED) is 0.664. The van der Waals surface area contributed by atoms with Gasteiger partial charge in [0.15, 0.2) is 5.96 Å². The molecular formula is C20H30N4O. The third-order valence-electron chi connectivity index (χ3n) is 6.16. The molecule has 25 heavy (non-hydrogen) atoms. The Balaban J connectivity index is 1.65. The molecule has 0 saturated carbocycles. The highest BCUT2D eigenvalue weighted by Gasteiger charge is 2.53. The third kappa shape index (κ3) is 3.00. The van der Waals surface area contributed by atoms with Gasteiger partial charge in [0.25, 0.3) is 0 Å². The number of carbonyl (C=O) groups excluding carboxylic acids is 1. The Hall–Kier alpha value is -2.04.